The van der Waals surface area contributed by atoms with Crippen LogP contribution in [0, 0.1) is 0 Å². The van der Waals surface area contributed by atoms with Crippen LogP contribution in [0.15, 0.2) is 35.5 Å². The van der Waals surface area contributed by atoms with Crippen LogP contribution in [0.5, 0.6) is 0 Å². The molecule has 0 saturated carbocycles. The van der Waals surface area contributed by atoms with Gasteiger partial charge in [0.05, 0.1) is 6.54 Å². The van der Waals surface area contributed by atoms with Crippen LogP contribution in [0.4, 0.5) is 0 Å². The van der Waals surface area contributed by atoms with Crippen molar-refractivity contribution in [3.8, 4) is 0 Å². The Labute approximate surface area is 130 Å². The fraction of sp³-hybridized carbons (Fsp3) is 0.533. The van der Waals surface area contributed by atoms with Crippen molar-refractivity contribution in [2.24, 2.45) is 0 Å². The summed E-state index contributed by atoms with van der Waals surface area (Å²) in [5.74, 6) is 0. The van der Waals surface area contributed by atoms with Crippen molar-refractivity contribution >= 4 is 11.8 Å². The van der Waals surface area contributed by atoms with Gasteiger partial charge in [-0.25, -0.2) is 4.68 Å². The van der Waals surface area contributed by atoms with Crippen LogP contribution in [-0.2, 0) is 6.54 Å². The summed E-state index contributed by atoms with van der Waals surface area (Å²) in [5.41, 5.74) is 1.39. The standard InChI is InChI=1S/C15H23N5S/c1-12(13-8-6-5-7-9-13)21-14-17-18-19-20(14)11-10-16-15(2,3)4/h5-9,12,16H,10-11H2,1-4H3. The zero-order valence-electron chi connectivity index (χ0n) is 13.1. The van der Waals surface area contributed by atoms with Crippen molar-refractivity contribution in [1.29, 1.82) is 0 Å². The van der Waals surface area contributed by atoms with Crippen LogP contribution in [0.25, 0.3) is 0 Å². The summed E-state index contributed by atoms with van der Waals surface area (Å²) < 4.78 is 1.86. The molecule has 21 heavy (non-hydrogen) atoms. The van der Waals surface area contributed by atoms with Crippen LogP contribution in [0.2, 0.25) is 0 Å². The second-order valence-corrected chi connectivity index (χ2v) is 7.34. The van der Waals surface area contributed by atoms with E-state index in [1.807, 2.05) is 10.7 Å². The summed E-state index contributed by atoms with van der Waals surface area (Å²) in [6.45, 7) is 10.3. The SMILES string of the molecule is CC(Sc1nnnn1CCNC(C)(C)C)c1ccccc1. The Morgan fingerprint density at radius 1 is 1.24 bits per heavy atom. The van der Waals surface area contributed by atoms with Gasteiger partial charge in [0.1, 0.15) is 0 Å². The molecule has 0 bridgehead atoms. The Morgan fingerprint density at radius 3 is 2.62 bits per heavy atom. The smallest absolute Gasteiger partial charge is 0.209 e. The van der Waals surface area contributed by atoms with Gasteiger partial charge in [-0.3, -0.25) is 0 Å². The molecular formula is C15H23N5S. The zero-order valence-corrected chi connectivity index (χ0v) is 13.9. The first kappa shape index (κ1) is 16.0. The summed E-state index contributed by atoms with van der Waals surface area (Å²) >= 11 is 1.69. The summed E-state index contributed by atoms with van der Waals surface area (Å²) in [5, 5.41) is 16.6. The van der Waals surface area contributed by atoms with Crippen LogP contribution >= 0.6 is 11.8 Å². The highest BCUT2D eigenvalue weighted by molar-refractivity contribution is 7.99. The van der Waals surface area contributed by atoms with Gasteiger partial charge in [-0.05, 0) is 43.7 Å². The maximum absolute atomic E-state index is 4.13. The molecule has 114 valence electrons. The molecule has 1 atom stereocenters. The van der Waals surface area contributed by atoms with Crippen molar-refractivity contribution in [3.05, 3.63) is 35.9 Å². The number of tetrazole rings is 1. The Hall–Kier alpha value is -1.40. The molecule has 0 saturated heterocycles. The minimum Gasteiger partial charge on any atom is -0.310 e. The van der Waals surface area contributed by atoms with E-state index in [0.29, 0.717) is 5.25 Å². The number of aromatic nitrogens is 4. The summed E-state index contributed by atoms with van der Waals surface area (Å²) in [6.07, 6.45) is 0. The van der Waals surface area contributed by atoms with E-state index >= 15 is 0 Å². The number of benzene rings is 1. The molecular weight excluding hydrogens is 282 g/mol. The van der Waals surface area contributed by atoms with E-state index in [2.05, 4.69) is 72.8 Å². The second kappa shape index (κ2) is 7.04. The molecule has 6 heteroatoms. The van der Waals surface area contributed by atoms with Gasteiger partial charge in [-0.15, -0.1) is 5.10 Å². The Morgan fingerprint density at radius 2 is 1.95 bits per heavy atom. The second-order valence-electron chi connectivity index (χ2n) is 6.03. The molecule has 1 heterocycles. The molecule has 0 aliphatic carbocycles. The molecule has 1 unspecified atom stereocenters. The molecule has 0 fully saturated rings. The van der Waals surface area contributed by atoms with Gasteiger partial charge in [-0.2, -0.15) is 0 Å². The molecule has 2 aromatic rings. The van der Waals surface area contributed by atoms with Crippen LogP contribution in [0.1, 0.15) is 38.5 Å². The first-order valence-electron chi connectivity index (χ1n) is 7.18. The first-order chi connectivity index (χ1) is 9.96. The maximum atomic E-state index is 4.13. The van der Waals surface area contributed by atoms with Gasteiger partial charge >= 0.3 is 0 Å². The number of thioether (sulfide) groups is 1. The van der Waals surface area contributed by atoms with Gasteiger partial charge in [0.15, 0.2) is 0 Å². The zero-order chi connectivity index (χ0) is 15.3. The lowest BCUT2D eigenvalue weighted by atomic mass is 10.1. The van der Waals surface area contributed by atoms with Gasteiger partial charge in [-0.1, -0.05) is 42.1 Å². The van der Waals surface area contributed by atoms with Crippen molar-refractivity contribution < 1.29 is 0 Å². The van der Waals surface area contributed by atoms with E-state index in [-0.39, 0.29) is 5.54 Å². The van der Waals surface area contributed by atoms with Gasteiger partial charge in [0, 0.05) is 17.3 Å². The number of hydrogen-bond donors (Lipinski definition) is 1. The van der Waals surface area contributed by atoms with E-state index in [1.54, 1.807) is 11.8 Å². The third-order valence-electron chi connectivity index (χ3n) is 3.03. The molecule has 0 spiro atoms. The van der Waals surface area contributed by atoms with Crippen LogP contribution < -0.4 is 5.32 Å². The summed E-state index contributed by atoms with van der Waals surface area (Å²) in [4.78, 5) is 0. The minimum atomic E-state index is 0.110. The maximum Gasteiger partial charge on any atom is 0.209 e. The van der Waals surface area contributed by atoms with Crippen molar-refractivity contribution in [2.45, 2.75) is 50.2 Å². The van der Waals surface area contributed by atoms with E-state index in [0.717, 1.165) is 18.2 Å². The fourth-order valence-electron chi connectivity index (χ4n) is 1.91. The average molecular weight is 305 g/mol. The van der Waals surface area contributed by atoms with E-state index in [4.69, 9.17) is 0 Å². The summed E-state index contributed by atoms with van der Waals surface area (Å²) in [7, 11) is 0. The molecule has 0 aliphatic heterocycles. The molecule has 0 radical (unpaired) electrons. The number of nitrogens with one attached hydrogen (secondary N) is 1. The lowest BCUT2D eigenvalue weighted by Gasteiger charge is -2.20. The van der Waals surface area contributed by atoms with Gasteiger partial charge < -0.3 is 5.32 Å². The van der Waals surface area contributed by atoms with Gasteiger partial charge in [0.2, 0.25) is 5.16 Å². The van der Waals surface area contributed by atoms with Crippen LogP contribution in [-0.4, -0.2) is 32.3 Å². The number of hydrogen-bond acceptors (Lipinski definition) is 5. The fourth-order valence-corrected chi connectivity index (χ4v) is 2.85. The van der Waals surface area contributed by atoms with E-state index in [1.165, 1.54) is 5.56 Å². The molecule has 1 N–H and O–H groups in total. The normalized spacial score (nSPS) is 13.3. The van der Waals surface area contributed by atoms with E-state index in [9.17, 15) is 0 Å². The molecule has 0 amide bonds. The lowest BCUT2D eigenvalue weighted by Crippen LogP contribution is -2.38. The summed E-state index contributed by atoms with van der Waals surface area (Å²) in [6, 6.07) is 10.4. The molecule has 5 nitrogen and oxygen atoms in total. The third-order valence-corrected chi connectivity index (χ3v) is 4.16. The molecule has 0 aliphatic rings. The highest BCUT2D eigenvalue weighted by Gasteiger charge is 2.14. The Balaban J connectivity index is 1.94. The first-order valence-corrected chi connectivity index (χ1v) is 8.06. The predicted molar refractivity (Wildman–Crippen MR) is 86.3 cm³/mol. The molecule has 1 aromatic heterocycles. The van der Waals surface area contributed by atoms with Gasteiger partial charge in [0.25, 0.3) is 0 Å². The minimum absolute atomic E-state index is 0.110. The monoisotopic (exact) mass is 305 g/mol. The van der Waals surface area contributed by atoms with Crippen LogP contribution in [0.3, 0.4) is 0 Å². The predicted octanol–water partition coefficient (Wildman–Crippen LogP) is 2.91. The number of nitrogens with zero attached hydrogens (tertiary/aromatic N) is 4. The van der Waals surface area contributed by atoms with Crippen molar-refractivity contribution in [2.75, 3.05) is 6.54 Å². The average Bonchev–Trinajstić information content (AvgIpc) is 2.86. The highest BCUT2D eigenvalue weighted by Crippen LogP contribution is 2.32. The van der Waals surface area contributed by atoms with Crippen molar-refractivity contribution in [3.63, 3.8) is 0 Å². The number of rotatable bonds is 6. The molecule has 2 rings (SSSR count). The topological polar surface area (TPSA) is 55.6 Å². The Kier molecular flexibility index (Phi) is 5.36. The van der Waals surface area contributed by atoms with Crippen molar-refractivity contribution in [1.82, 2.24) is 25.5 Å². The third kappa shape index (κ3) is 5.13. The largest absolute Gasteiger partial charge is 0.310 e. The van der Waals surface area contributed by atoms with E-state index < -0.39 is 0 Å². The molecule has 1 aromatic carbocycles. The lowest BCUT2D eigenvalue weighted by molar-refractivity contribution is 0.396. The quantitative estimate of drug-likeness (QED) is 0.832. The Bertz CT molecular complexity index is 547. The highest BCUT2D eigenvalue weighted by atomic mass is 32.2.